The van der Waals surface area contributed by atoms with Crippen molar-refractivity contribution in [2.24, 2.45) is 5.92 Å². The fourth-order valence-electron chi connectivity index (χ4n) is 5.07. The Labute approximate surface area is 210 Å². The van der Waals surface area contributed by atoms with Crippen LogP contribution in [0.1, 0.15) is 61.0 Å². The van der Waals surface area contributed by atoms with Gasteiger partial charge in [-0.2, -0.15) is 0 Å². The predicted molar refractivity (Wildman–Crippen MR) is 147 cm³/mol. The molecule has 0 bridgehead atoms. The van der Waals surface area contributed by atoms with E-state index in [2.05, 4.69) is 86.0 Å². The molecule has 0 heterocycles. The van der Waals surface area contributed by atoms with Crippen LogP contribution in [0.15, 0.2) is 54.6 Å². The Morgan fingerprint density at radius 1 is 0.943 bits per heavy atom. The van der Waals surface area contributed by atoms with Gasteiger partial charge in [0.05, 0.1) is 12.7 Å². The number of hydrogen-bond acceptors (Lipinski definition) is 4. The summed E-state index contributed by atoms with van der Waals surface area (Å²) >= 11 is 0. The number of methoxy groups -OCH3 is 1. The maximum atomic E-state index is 13.0. The van der Waals surface area contributed by atoms with Crippen LogP contribution in [0.4, 0.5) is 11.4 Å². The first kappa shape index (κ1) is 24.8. The topological polar surface area (TPSA) is 50.4 Å². The molecule has 0 spiro atoms. The SMILES string of the molecule is COC(=O)c1c(C)c(-c2ccc(NCC(C)C)cc2)cc(C)c1-c1ccc(NC2CCCC2)cc1. The van der Waals surface area contributed by atoms with Gasteiger partial charge in [-0.25, -0.2) is 4.79 Å². The average Bonchev–Trinajstić information content (AvgIpc) is 3.37. The van der Waals surface area contributed by atoms with Gasteiger partial charge >= 0.3 is 5.97 Å². The van der Waals surface area contributed by atoms with E-state index in [9.17, 15) is 4.79 Å². The molecule has 0 saturated heterocycles. The molecule has 0 amide bonds. The molecule has 1 saturated carbocycles. The van der Waals surface area contributed by atoms with E-state index in [1.807, 2.05) is 6.92 Å². The largest absolute Gasteiger partial charge is 0.465 e. The van der Waals surface area contributed by atoms with Crippen molar-refractivity contribution in [3.63, 3.8) is 0 Å². The number of rotatable bonds is 8. The number of carbonyl (C=O) groups is 1. The summed E-state index contributed by atoms with van der Waals surface area (Å²) in [6.45, 7) is 9.43. The number of ether oxygens (including phenoxy) is 1. The van der Waals surface area contributed by atoms with E-state index in [-0.39, 0.29) is 5.97 Å². The highest BCUT2D eigenvalue weighted by Gasteiger charge is 2.22. The number of benzene rings is 3. The second-order valence-corrected chi connectivity index (χ2v) is 10.2. The van der Waals surface area contributed by atoms with Crippen molar-refractivity contribution in [3.05, 3.63) is 71.3 Å². The zero-order valence-electron chi connectivity index (χ0n) is 21.7. The lowest BCUT2D eigenvalue weighted by Gasteiger charge is -2.19. The maximum absolute atomic E-state index is 13.0. The van der Waals surface area contributed by atoms with Crippen LogP contribution in [0.2, 0.25) is 0 Å². The van der Waals surface area contributed by atoms with Gasteiger partial charge in [0.25, 0.3) is 0 Å². The van der Waals surface area contributed by atoms with Crippen LogP contribution in [0.3, 0.4) is 0 Å². The second kappa shape index (κ2) is 11.0. The Morgan fingerprint density at radius 3 is 2.14 bits per heavy atom. The normalized spacial score (nSPS) is 13.8. The Balaban J connectivity index is 1.68. The van der Waals surface area contributed by atoms with E-state index in [1.54, 1.807) is 0 Å². The summed E-state index contributed by atoms with van der Waals surface area (Å²) in [6.07, 6.45) is 5.09. The third kappa shape index (κ3) is 5.70. The lowest BCUT2D eigenvalue weighted by molar-refractivity contribution is 0.0601. The highest BCUT2D eigenvalue weighted by atomic mass is 16.5. The Kier molecular flexibility index (Phi) is 7.80. The van der Waals surface area contributed by atoms with Crippen molar-refractivity contribution >= 4 is 17.3 Å². The van der Waals surface area contributed by atoms with Gasteiger partial charge in [-0.1, -0.05) is 57.0 Å². The van der Waals surface area contributed by atoms with Crippen LogP contribution < -0.4 is 10.6 Å². The summed E-state index contributed by atoms with van der Waals surface area (Å²) in [4.78, 5) is 13.0. The van der Waals surface area contributed by atoms with Crippen LogP contribution in [-0.4, -0.2) is 25.7 Å². The summed E-state index contributed by atoms with van der Waals surface area (Å²) in [7, 11) is 1.46. The minimum Gasteiger partial charge on any atom is -0.465 e. The lowest BCUT2D eigenvalue weighted by Crippen LogP contribution is -2.14. The number of aryl methyl sites for hydroxylation is 1. The van der Waals surface area contributed by atoms with Crippen LogP contribution in [0.25, 0.3) is 22.3 Å². The van der Waals surface area contributed by atoms with Crippen molar-refractivity contribution in [2.45, 2.75) is 59.4 Å². The molecule has 0 unspecified atom stereocenters. The van der Waals surface area contributed by atoms with Crippen LogP contribution in [-0.2, 0) is 4.74 Å². The quantitative estimate of drug-likeness (QED) is 0.329. The zero-order valence-corrected chi connectivity index (χ0v) is 21.7. The van der Waals surface area contributed by atoms with Gasteiger partial charge in [0, 0.05) is 24.0 Å². The highest BCUT2D eigenvalue weighted by molar-refractivity contribution is 6.02. The molecule has 3 aromatic carbocycles. The summed E-state index contributed by atoms with van der Waals surface area (Å²) < 4.78 is 5.25. The number of carbonyl (C=O) groups excluding carboxylic acids is 1. The molecule has 0 radical (unpaired) electrons. The van der Waals surface area contributed by atoms with E-state index >= 15 is 0 Å². The van der Waals surface area contributed by atoms with Gasteiger partial charge in [0.2, 0.25) is 0 Å². The molecule has 0 aromatic heterocycles. The van der Waals surface area contributed by atoms with Crippen molar-refractivity contribution in [1.82, 2.24) is 0 Å². The fourth-order valence-corrected chi connectivity index (χ4v) is 5.07. The van der Waals surface area contributed by atoms with Gasteiger partial charge in [-0.3, -0.25) is 0 Å². The minimum absolute atomic E-state index is 0.300. The maximum Gasteiger partial charge on any atom is 0.338 e. The molecule has 4 rings (SSSR count). The smallest absolute Gasteiger partial charge is 0.338 e. The number of hydrogen-bond donors (Lipinski definition) is 2. The molecular formula is C31H38N2O2. The molecule has 4 nitrogen and oxygen atoms in total. The van der Waals surface area contributed by atoms with Gasteiger partial charge in [-0.05, 0) is 90.3 Å². The van der Waals surface area contributed by atoms with E-state index < -0.39 is 0 Å². The summed E-state index contributed by atoms with van der Waals surface area (Å²) in [5.41, 5.74) is 9.00. The Hall–Kier alpha value is -3.27. The molecule has 1 aliphatic rings. The third-order valence-electron chi connectivity index (χ3n) is 6.98. The van der Waals surface area contributed by atoms with E-state index in [0.29, 0.717) is 17.5 Å². The Morgan fingerprint density at radius 2 is 1.54 bits per heavy atom. The Bertz CT molecular complexity index is 1160. The molecule has 2 N–H and O–H groups in total. The third-order valence-corrected chi connectivity index (χ3v) is 6.98. The number of esters is 1. The zero-order chi connectivity index (χ0) is 24.9. The summed E-state index contributed by atoms with van der Waals surface area (Å²) in [5, 5.41) is 7.11. The van der Waals surface area contributed by atoms with Gasteiger partial charge < -0.3 is 15.4 Å². The number of nitrogens with one attached hydrogen (secondary N) is 2. The molecule has 0 atom stereocenters. The predicted octanol–water partition coefficient (Wildman–Crippen LogP) is 7.85. The fraction of sp³-hybridized carbons (Fsp3) is 0.387. The molecule has 1 aliphatic carbocycles. The first-order valence-corrected chi connectivity index (χ1v) is 12.8. The summed E-state index contributed by atoms with van der Waals surface area (Å²) in [5.74, 6) is 0.285. The first-order valence-electron chi connectivity index (χ1n) is 12.8. The average molecular weight is 471 g/mol. The van der Waals surface area contributed by atoms with Crippen LogP contribution in [0.5, 0.6) is 0 Å². The number of anilines is 2. The van der Waals surface area contributed by atoms with Crippen molar-refractivity contribution in [1.29, 1.82) is 0 Å². The first-order chi connectivity index (χ1) is 16.9. The standard InChI is InChI=1S/C31H38N2O2/c1-20(2)19-32-25-14-10-23(11-15-25)28-18-21(3)29(30(22(28)4)31(34)35-5)24-12-16-27(17-13-24)33-26-8-6-7-9-26/h10-18,20,26,32-33H,6-9,19H2,1-5H3. The van der Waals surface area contributed by atoms with E-state index in [1.165, 1.54) is 32.8 Å². The van der Waals surface area contributed by atoms with E-state index in [4.69, 9.17) is 4.74 Å². The molecule has 0 aliphatic heterocycles. The van der Waals surface area contributed by atoms with E-state index in [0.717, 1.165) is 51.3 Å². The van der Waals surface area contributed by atoms with Gasteiger partial charge in [0.1, 0.15) is 0 Å². The molecule has 3 aromatic rings. The van der Waals surface area contributed by atoms with Gasteiger partial charge in [-0.15, -0.1) is 0 Å². The second-order valence-electron chi connectivity index (χ2n) is 10.2. The molecular weight excluding hydrogens is 432 g/mol. The lowest BCUT2D eigenvalue weighted by atomic mass is 9.86. The summed E-state index contributed by atoms with van der Waals surface area (Å²) in [6, 6.07) is 19.7. The minimum atomic E-state index is -0.300. The van der Waals surface area contributed by atoms with Crippen molar-refractivity contribution < 1.29 is 9.53 Å². The molecule has 35 heavy (non-hydrogen) atoms. The molecule has 184 valence electrons. The molecule has 4 heteroatoms. The highest BCUT2D eigenvalue weighted by Crippen LogP contribution is 2.37. The van der Waals surface area contributed by atoms with Crippen LogP contribution >= 0.6 is 0 Å². The van der Waals surface area contributed by atoms with Crippen molar-refractivity contribution in [3.8, 4) is 22.3 Å². The monoisotopic (exact) mass is 470 g/mol. The molecule has 1 fully saturated rings. The van der Waals surface area contributed by atoms with Crippen LogP contribution in [0, 0.1) is 19.8 Å². The van der Waals surface area contributed by atoms with Crippen molar-refractivity contribution in [2.75, 3.05) is 24.3 Å². The van der Waals surface area contributed by atoms with Gasteiger partial charge in [0.15, 0.2) is 0 Å².